The molecule has 1 aliphatic carbocycles. The van der Waals surface area contributed by atoms with Gasteiger partial charge in [-0.1, -0.05) is 0 Å². The monoisotopic (exact) mass is 377 g/mol. The standard InChI is InChI=1S/C15H17.C2H5O.CH3.2ClH.Ti/c1-10-11(2)13(4)15(12(10)3)14-8-6-5-7-9-14;1-2-3;;;;/h5-8,12H,1-4H3;2H2,1H3;1H3;2*1H;/q;-1;;;;+1. The molecule has 0 aliphatic heterocycles. The maximum Gasteiger partial charge on any atom is -0.147 e. The van der Waals surface area contributed by atoms with Crippen LogP contribution in [0, 0.1) is 5.92 Å². The number of halogens is 2. The summed E-state index contributed by atoms with van der Waals surface area (Å²) in [4.78, 5) is 0. The van der Waals surface area contributed by atoms with Crippen LogP contribution in [0.2, 0.25) is 5.23 Å². The summed E-state index contributed by atoms with van der Waals surface area (Å²) in [7, 11) is 0. The van der Waals surface area contributed by atoms with Crippen molar-refractivity contribution >= 4 is 34.3 Å². The summed E-state index contributed by atoms with van der Waals surface area (Å²) in [5, 5.41) is 2.31. The van der Waals surface area contributed by atoms with Crippen molar-refractivity contribution < 1.29 is 21.6 Å². The summed E-state index contributed by atoms with van der Waals surface area (Å²) in [6, 6.07) is 8.87. The predicted octanol–water partition coefficient (Wildman–Crippen LogP) is 5.53. The first-order chi connectivity index (χ1) is 9.49. The third-order valence-electron chi connectivity index (χ3n) is 4.60. The maximum atomic E-state index is 5.98. The van der Waals surface area contributed by atoms with Gasteiger partial charge in [-0.25, -0.2) is 0 Å². The van der Waals surface area contributed by atoms with Gasteiger partial charge in [-0.3, -0.25) is 0 Å². The van der Waals surface area contributed by atoms with Crippen molar-refractivity contribution in [1.29, 1.82) is 0 Å². The Balaban J connectivity index is 0.00000220. The van der Waals surface area contributed by atoms with Gasteiger partial charge >= 0.3 is 130 Å². The van der Waals surface area contributed by atoms with Gasteiger partial charge in [0.05, 0.1) is 0 Å². The molecule has 0 saturated carbocycles. The molecule has 1 nitrogen and oxygen atoms in total. The van der Waals surface area contributed by atoms with Gasteiger partial charge in [-0.15, -0.1) is 24.8 Å². The second-order valence-electron chi connectivity index (χ2n) is 5.60. The molecule has 1 atom stereocenters. The summed E-state index contributed by atoms with van der Waals surface area (Å²) in [5.74, 6) is 0.531. The topological polar surface area (TPSA) is 9.23 Å². The summed E-state index contributed by atoms with van der Waals surface area (Å²) < 4.78 is 7.45. The van der Waals surface area contributed by atoms with E-state index in [1.807, 2.05) is 0 Å². The van der Waals surface area contributed by atoms with E-state index in [1.165, 1.54) is 31.7 Å². The Morgan fingerprint density at radius 2 is 1.64 bits per heavy atom. The van der Waals surface area contributed by atoms with Gasteiger partial charge in [-0.2, -0.15) is 0 Å². The minimum atomic E-state index is -1.59. The third-order valence-corrected chi connectivity index (χ3v) is 7.59. The van der Waals surface area contributed by atoms with Gasteiger partial charge in [0.2, 0.25) is 0 Å². The molecule has 123 valence electrons. The molecule has 0 N–H and O–H groups in total. The van der Waals surface area contributed by atoms with Crippen molar-refractivity contribution in [3.8, 4) is 0 Å². The molecule has 0 aromatic heterocycles. The zero-order chi connectivity index (χ0) is 14.9. The Kier molecular flexibility index (Phi) is 9.28. The van der Waals surface area contributed by atoms with Crippen LogP contribution < -0.4 is 3.87 Å². The third kappa shape index (κ3) is 4.07. The number of benzene rings is 1. The number of rotatable bonds is 4. The van der Waals surface area contributed by atoms with Crippen LogP contribution in [0.3, 0.4) is 0 Å². The zero-order valence-electron chi connectivity index (χ0n) is 14.3. The fraction of sp³-hybridized carbons (Fsp3) is 0.444. The van der Waals surface area contributed by atoms with E-state index in [0.29, 0.717) is 5.92 Å². The fourth-order valence-corrected chi connectivity index (χ4v) is 5.49. The number of hydrogen-bond acceptors (Lipinski definition) is 1. The SMILES string of the molecule is CC[O][Ti]([CH3])[c]1ccccc1C1=C(C)C(C)=C(C)C1C.Cl.Cl. The molecule has 1 aromatic rings. The summed E-state index contributed by atoms with van der Waals surface area (Å²) >= 11 is -1.59. The van der Waals surface area contributed by atoms with E-state index in [-0.39, 0.29) is 24.8 Å². The molecule has 1 unspecified atom stereocenters. The zero-order valence-corrected chi connectivity index (χ0v) is 17.5. The Morgan fingerprint density at radius 1 is 1.05 bits per heavy atom. The van der Waals surface area contributed by atoms with Crippen molar-refractivity contribution in [3.05, 3.63) is 46.5 Å². The smallest absolute Gasteiger partial charge is 0.147 e. The molecule has 0 heterocycles. The first-order valence-electron chi connectivity index (χ1n) is 7.43. The predicted molar refractivity (Wildman–Crippen MR) is 98.2 cm³/mol. The summed E-state index contributed by atoms with van der Waals surface area (Å²) in [6.45, 7) is 12.0. The molecule has 0 radical (unpaired) electrons. The largest absolute Gasteiger partial charge is 0.147 e. The second-order valence-corrected chi connectivity index (χ2v) is 8.63. The van der Waals surface area contributed by atoms with Gasteiger partial charge in [-0.05, 0) is 0 Å². The van der Waals surface area contributed by atoms with Crippen molar-refractivity contribution in [2.45, 2.75) is 39.8 Å². The minimum Gasteiger partial charge on any atom is -0.147 e. The molecule has 22 heavy (non-hydrogen) atoms. The van der Waals surface area contributed by atoms with Crippen LogP contribution in [0.5, 0.6) is 0 Å². The molecular formula is C18H27Cl2OTi. The van der Waals surface area contributed by atoms with Gasteiger partial charge in [0.15, 0.2) is 0 Å². The normalized spacial score (nSPS) is 17.3. The number of allylic oxidation sites excluding steroid dienone is 4. The van der Waals surface area contributed by atoms with Gasteiger partial charge in [0.25, 0.3) is 0 Å². The van der Waals surface area contributed by atoms with E-state index in [9.17, 15) is 0 Å². The molecule has 0 saturated heterocycles. The van der Waals surface area contributed by atoms with Crippen LogP contribution in [0.25, 0.3) is 5.57 Å². The molecule has 0 spiro atoms. The first-order valence-corrected chi connectivity index (χ1v) is 10.4. The van der Waals surface area contributed by atoms with Crippen molar-refractivity contribution in [2.75, 3.05) is 6.61 Å². The van der Waals surface area contributed by atoms with Crippen molar-refractivity contribution in [3.63, 3.8) is 0 Å². The van der Waals surface area contributed by atoms with Crippen LogP contribution >= 0.6 is 24.8 Å². The first kappa shape index (κ1) is 22.0. The van der Waals surface area contributed by atoms with E-state index < -0.39 is 18.3 Å². The van der Waals surface area contributed by atoms with Crippen molar-refractivity contribution in [2.24, 2.45) is 5.92 Å². The van der Waals surface area contributed by atoms with E-state index in [0.717, 1.165) is 6.61 Å². The van der Waals surface area contributed by atoms with Gasteiger partial charge < -0.3 is 0 Å². The van der Waals surface area contributed by atoms with Gasteiger partial charge in [0, 0.05) is 0 Å². The average molecular weight is 378 g/mol. The van der Waals surface area contributed by atoms with E-state index in [1.54, 1.807) is 0 Å². The Morgan fingerprint density at radius 3 is 2.14 bits per heavy atom. The van der Waals surface area contributed by atoms with E-state index >= 15 is 0 Å². The van der Waals surface area contributed by atoms with Gasteiger partial charge in [0.1, 0.15) is 0 Å². The second kappa shape index (κ2) is 9.30. The van der Waals surface area contributed by atoms with Crippen LogP contribution in [0.4, 0.5) is 0 Å². The maximum absolute atomic E-state index is 5.98. The Labute approximate surface area is 154 Å². The molecule has 0 bridgehead atoms. The quantitative estimate of drug-likeness (QED) is 0.626. The van der Waals surface area contributed by atoms with Crippen LogP contribution in [-0.2, 0) is 21.6 Å². The van der Waals surface area contributed by atoms with E-state index in [2.05, 4.69) is 64.1 Å². The summed E-state index contributed by atoms with van der Waals surface area (Å²) in [6.07, 6.45) is 0. The molecule has 1 aliphatic rings. The minimum absolute atomic E-state index is 0. The van der Waals surface area contributed by atoms with Crippen LogP contribution in [-0.4, -0.2) is 6.61 Å². The summed E-state index contributed by atoms with van der Waals surface area (Å²) in [5.41, 5.74) is 7.39. The number of hydrogen-bond donors (Lipinski definition) is 0. The van der Waals surface area contributed by atoms with Crippen LogP contribution in [0.1, 0.15) is 40.2 Å². The average Bonchev–Trinajstić information content (AvgIpc) is 2.63. The molecule has 4 heteroatoms. The Bertz CT molecular complexity index is 578. The Hall–Kier alpha value is -0.0457. The molecule has 0 fully saturated rings. The molecule has 2 rings (SSSR count). The molecular weight excluding hydrogens is 351 g/mol. The van der Waals surface area contributed by atoms with Crippen LogP contribution in [0.15, 0.2) is 41.0 Å². The van der Waals surface area contributed by atoms with E-state index in [4.69, 9.17) is 3.32 Å². The molecule has 1 aromatic carbocycles. The molecule has 0 amide bonds. The van der Waals surface area contributed by atoms with Crippen molar-refractivity contribution in [1.82, 2.24) is 0 Å². The fourth-order valence-electron chi connectivity index (χ4n) is 3.12.